The first-order valence-electron chi connectivity index (χ1n) is 11.7. The van der Waals surface area contributed by atoms with Gasteiger partial charge in [0, 0.05) is 0 Å². The maximum atomic E-state index is 11.4. The number of benzene rings is 1. The van der Waals surface area contributed by atoms with E-state index >= 15 is 0 Å². The third-order valence-corrected chi connectivity index (χ3v) is 13.3. The lowest BCUT2D eigenvalue weighted by Crippen LogP contribution is -2.44. The SMILES string of the molecule is CC(C)(C)[Si](C)(C)Oc1ccc2c(c1)CC[C@@H]1[C@@H]2CC[C@]2(C)C(CC(=O)O)=CC[C@@H]12. The maximum absolute atomic E-state index is 11.4. The molecule has 0 unspecified atom stereocenters. The van der Waals surface area contributed by atoms with Crippen LogP contribution in [0.1, 0.15) is 76.8 Å². The van der Waals surface area contributed by atoms with Crippen molar-refractivity contribution < 1.29 is 14.3 Å². The van der Waals surface area contributed by atoms with Crippen LogP contribution in [0.15, 0.2) is 29.8 Å². The largest absolute Gasteiger partial charge is 0.543 e. The van der Waals surface area contributed by atoms with Gasteiger partial charge in [0.15, 0.2) is 0 Å². The first-order valence-corrected chi connectivity index (χ1v) is 14.6. The molecular weight excluding hydrogens is 388 g/mol. The quantitative estimate of drug-likeness (QED) is 0.419. The molecule has 1 fully saturated rings. The monoisotopic (exact) mass is 426 g/mol. The molecular formula is C26H38O3Si. The van der Waals surface area contributed by atoms with Gasteiger partial charge in [0.1, 0.15) is 5.75 Å². The molecule has 3 aliphatic rings. The molecule has 4 rings (SSSR count). The molecule has 0 spiro atoms. The van der Waals surface area contributed by atoms with Gasteiger partial charge in [-0.2, -0.15) is 0 Å². The summed E-state index contributed by atoms with van der Waals surface area (Å²) in [7, 11) is -1.83. The Balaban J connectivity index is 1.55. The first-order chi connectivity index (χ1) is 13.9. The van der Waals surface area contributed by atoms with Crippen molar-refractivity contribution in [3.05, 3.63) is 41.0 Å². The topological polar surface area (TPSA) is 46.5 Å². The van der Waals surface area contributed by atoms with Crippen LogP contribution in [0.5, 0.6) is 5.75 Å². The highest BCUT2D eigenvalue weighted by molar-refractivity contribution is 6.74. The fourth-order valence-corrected chi connectivity index (χ4v) is 7.19. The number of carboxylic acids is 1. The van der Waals surface area contributed by atoms with E-state index in [0.29, 0.717) is 17.8 Å². The highest BCUT2D eigenvalue weighted by atomic mass is 28.4. The van der Waals surface area contributed by atoms with E-state index in [-0.39, 0.29) is 16.9 Å². The standard InChI is InChI=1S/C26H38O3Si/c1-25(2,3)30(5,6)29-19-9-11-20-17(15-19)7-10-22-21(20)13-14-26(4)18(16-24(27)28)8-12-23(22)26/h8-9,11,15,21-23H,7,10,12-14,16H2,1-6H3,(H,27,28)/t21-,22-,23+,26-/m1/s1. The Bertz CT molecular complexity index is 879. The van der Waals surface area contributed by atoms with Crippen LogP contribution in [-0.4, -0.2) is 19.4 Å². The molecule has 1 saturated carbocycles. The molecule has 1 aromatic carbocycles. The van der Waals surface area contributed by atoms with E-state index in [4.69, 9.17) is 4.43 Å². The van der Waals surface area contributed by atoms with E-state index in [1.54, 1.807) is 0 Å². The van der Waals surface area contributed by atoms with E-state index in [0.717, 1.165) is 25.0 Å². The van der Waals surface area contributed by atoms with Gasteiger partial charge in [-0.1, -0.05) is 45.4 Å². The van der Waals surface area contributed by atoms with Gasteiger partial charge >= 0.3 is 5.97 Å². The molecule has 0 aliphatic heterocycles. The van der Waals surface area contributed by atoms with Gasteiger partial charge in [-0.25, -0.2) is 0 Å². The Hall–Kier alpha value is -1.55. The lowest BCUT2D eigenvalue weighted by Gasteiger charge is -2.50. The van der Waals surface area contributed by atoms with Crippen LogP contribution in [0, 0.1) is 17.3 Å². The molecule has 0 aromatic heterocycles. The minimum atomic E-state index is -1.83. The summed E-state index contributed by atoms with van der Waals surface area (Å²) >= 11 is 0. The van der Waals surface area contributed by atoms with E-state index in [2.05, 4.69) is 65.1 Å². The van der Waals surface area contributed by atoms with E-state index in [1.807, 2.05) is 0 Å². The number of hydrogen-bond donors (Lipinski definition) is 1. The van der Waals surface area contributed by atoms with Crippen LogP contribution in [0.4, 0.5) is 0 Å². The summed E-state index contributed by atoms with van der Waals surface area (Å²) < 4.78 is 6.58. The molecule has 0 saturated heterocycles. The second kappa shape index (κ2) is 7.25. The third-order valence-electron chi connectivity index (χ3n) is 8.96. The van der Waals surface area contributed by atoms with Crippen molar-refractivity contribution in [1.82, 2.24) is 0 Å². The Kier molecular flexibility index (Phi) is 5.24. The summed E-state index contributed by atoms with van der Waals surface area (Å²) in [6, 6.07) is 6.87. The maximum Gasteiger partial charge on any atom is 0.307 e. The molecule has 1 aromatic rings. The molecule has 30 heavy (non-hydrogen) atoms. The van der Waals surface area contributed by atoms with Crippen LogP contribution in [0.3, 0.4) is 0 Å². The van der Waals surface area contributed by atoms with Crippen molar-refractivity contribution in [3.8, 4) is 5.75 Å². The normalized spacial score (nSPS) is 30.7. The molecule has 3 nitrogen and oxygen atoms in total. The Morgan fingerprint density at radius 3 is 2.67 bits per heavy atom. The Labute approximate surface area is 183 Å². The van der Waals surface area contributed by atoms with E-state index in [9.17, 15) is 9.90 Å². The average Bonchev–Trinajstić information content (AvgIpc) is 2.96. The predicted molar refractivity (Wildman–Crippen MR) is 125 cm³/mol. The van der Waals surface area contributed by atoms with Crippen molar-refractivity contribution in [3.63, 3.8) is 0 Å². The minimum absolute atomic E-state index is 0.0858. The number of rotatable bonds is 4. The van der Waals surface area contributed by atoms with Crippen molar-refractivity contribution in [1.29, 1.82) is 0 Å². The van der Waals surface area contributed by atoms with E-state index < -0.39 is 14.3 Å². The van der Waals surface area contributed by atoms with Crippen molar-refractivity contribution in [2.45, 2.75) is 90.3 Å². The highest BCUT2D eigenvalue weighted by Crippen LogP contribution is 2.61. The van der Waals surface area contributed by atoms with E-state index in [1.165, 1.54) is 29.5 Å². The Morgan fingerprint density at radius 1 is 1.27 bits per heavy atom. The summed E-state index contributed by atoms with van der Waals surface area (Å²) in [5, 5.41) is 9.55. The van der Waals surface area contributed by atoms with Gasteiger partial charge in [0.05, 0.1) is 6.42 Å². The number of carbonyl (C=O) groups is 1. The third kappa shape index (κ3) is 3.55. The molecule has 1 N–H and O–H groups in total. The second-order valence-electron chi connectivity index (χ2n) is 11.6. The first kappa shape index (κ1) is 21.7. The number of fused-ring (bicyclic) bond motifs is 5. The number of carboxylic acid groups (broad SMARTS) is 1. The van der Waals surface area contributed by atoms with Gasteiger partial charge in [-0.3, -0.25) is 4.79 Å². The Morgan fingerprint density at radius 2 is 2.00 bits per heavy atom. The molecule has 164 valence electrons. The van der Waals surface area contributed by atoms with Gasteiger partial charge in [0.2, 0.25) is 8.32 Å². The molecule has 3 aliphatic carbocycles. The van der Waals surface area contributed by atoms with Crippen molar-refractivity contribution >= 4 is 14.3 Å². The summed E-state index contributed by atoms with van der Waals surface area (Å²) in [6.07, 6.45) is 8.15. The minimum Gasteiger partial charge on any atom is -0.543 e. The van der Waals surface area contributed by atoms with Gasteiger partial charge in [0.25, 0.3) is 0 Å². The van der Waals surface area contributed by atoms with Crippen LogP contribution in [0.2, 0.25) is 18.1 Å². The lowest BCUT2D eigenvalue weighted by molar-refractivity contribution is -0.136. The van der Waals surface area contributed by atoms with Crippen LogP contribution in [0.25, 0.3) is 0 Å². The number of aliphatic carboxylic acids is 1. The van der Waals surface area contributed by atoms with Gasteiger partial charge in [-0.05, 0) is 96.7 Å². The summed E-state index contributed by atoms with van der Waals surface area (Å²) in [5.74, 6) is 2.25. The molecule has 0 amide bonds. The van der Waals surface area contributed by atoms with Crippen molar-refractivity contribution in [2.24, 2.45) is 17.3 Å². The molecule has 0 bridgehead atoms. The predicted octanol–water partition coefficient (Wildman–Crippen LogP) is 6.94. The summed E-state index contributed by atoms with van der Waals surface area (Å²) in [5.41, 5.74) is 4.28. The van der Waals surface area contributed by atoms with Crippen LogP contribution in [-0.2, 0) is 11.2 Å². The molecule has 4 atom stereocenters. The van der Waals surface area contributed by atoms with Crippen molar-refractivity contribution in [2.75, 3.05) is 0 Å². The number of hydrogen-bond acceptors (Lipinski definition) is 2. The van der Waals surface area contributed by atoms with Gasteiger partial charge in [-0.15, -0.1) is 0 Å². The summed E-state index contributed by atoms with van der Waals surface area (Å²) in [6.45, 7) is 13.8. The molecule has 0 heterocycles. The number of allylic oxidation sites excluding steroid dienone is 1. The second-order valence-corrected chi connectivity index (χ2v) is 16.4. The molecule has 4 heteroatoms. The molecule has 0 radical (unpaired) electrons. The zero-order valence-corrected chi connectivity index (χ0v) is 20.5. The number of aryl methyl sites for hydroxylation is 1. The van der Waals surface area contributed by atoms with Gasteiger partial charge < -0.3 is 9.53 Å². The fourth-order valence-electron chi connectivity index (χ4n) is 6.16. The highest BCUT2D eigenvalue weighted by Gasteiger charge is 2.51. The fraction of sp³-hybridized carbons (Fsp3) is 0.654. The zero-order chi connectivity index (χ0) is 21.9. The smallest absolute Gasteiger partial charge is 0.307 e. The average molecular weight is 427 g/mol. The lowest BCUT2D eigenvalue weighted by atomic mass is 9.54. The summed E-state index contributed by atoms with van der Waals surface area (Å²) in [4.78, 5) is 11.4. The van der Waals surface area contributed by atoms with Crippen LogP contribution < -0.4 is 4.43 Å². The van der Waals surface area contributed by atoms with Crippen LogP contribution >= 0.6 is 0 Å². The zero-order valence-electron chi connectivity index (χ0n) is 19.5.